The highest BCUT2D eigenvalue weighted by atomic mass is 32.1. The van der Waals surface area contributed by atoms with Gasteiger partial charge < -0.3 is 10.4 Å². The number of rotatable bonds is 5. The SMILES string of the molecule is CCCNCc1cnc(CO)s1. The molecule has 0 unspecified atom stereocenters. The summed E-state index contributed by atoms with van der Waals surface area (Å²) in [7, 11) is 0. The highest BCUT2D eigenvalue weighted by Gasteiger charge is 1.98. The Morgan fingerprint density at radius 1 is 1.67 bits per heavy atom. The molecule has 1 aromatic heterocycles. The van der Waals surface area contributed by atoms with Crippen LogP contribution in [0, 0.1) is 0 Å². The molecule has 0 saturated carbocycles. The van der Waals surface area contributed by atoms with Crippen LogP contribution in [0.15, 0.2) is 6.20 Å². The predicted molar refractivity (Wildman–Crippen MR) is 50.0 cm³/mol. The van der Waals surface area contributed by atoms with Crippen molar-refractivity contribution in [3.8, 4) is 0 Å². The molecule has 0 aliphatic carbocycles. The van der Waals surface area contributed by atoms with Gasteiger partial charge in [-0.15, -0.1) is 11.3 Å². The van der Waals surface area contributed by atoms with Crippen molar-refractivity contribution in [3.05, 3.63) is 16.1 Å². The second-order valence-electron chi connectivity index (χ2n) is 2.56. The fourth-order valence-electron chi connectivity index (χ4n) is 0.891. The second-order valence-corrected chi connectivity index (χ2v) is 3.75. The summed E-state index contributed by atoms with van der Waals surface area (Å²) in [5.74, 6) is 0. The van der Waals surface area contributed by atoms with Crippen LogP contribution in [0.5, 0.6) is 0 Å². The number of nitrogens with one attached hydrogen (secondary N) is 1. The zero-order valence-electron chi connectivity index (χ0n) is 7.21. The average molecular weight is 186 g/mol. The van der Waals surface area contributed by atoms with E-state index in [1.165, 1.54) is 4.88 Å². The smallest absolute Gasteiger partial charge is 0.118 e. The molecule has 0 spiro atoms. The van der Waals surface area contributed by atoms with Gasteiger partial charge in [-0.2, -0.15) is 0 Å². The van der Waals surface area contributed by atoms with Crippen molar-refractivity contribution in [1.82, 2.24) is 10.3 Å². The van der Waals surface area contributed by atoms with Crippen LogP contribution in [0.1, 0.15) is 23.2 Å². The Morgan fingerprint density at radius 2 is 2.50 bits per heavy atom. The van der Waals surface area contributed by atoms with Crippen LogP contribution in [0.25, 0.3) is 0 Å². The number of hydrogen-bond donors (Lipinski definition) is 2. The predicted octanol–water partition coefficient (Wildman–Crippen LogP) is 1.14. The molecule has 0 bridgehead atoms. The van der Waals surface area contributed by atoms with Crippen LogP contribution in [0.2, 0.25) is 0 Å². The van der Waals surface area contributed by atoms with Gasteiger partial charge in [0.15, 0.2) is 0 Å². The lowest BCUT2D eigenvalue weighted by molar-refractivity contribution is 0.281. The van der Waals surface area contributed by atoms with Gasteiger partial charge in [0.1, 0.15) is 5.01 Å². The Labute approximate surface area is 76.5 Å². The van der Waals surface area contributed by atoms with E-state index in [1.54, 1.807) is 11.3 Å². The highest BCUT2D eigenvalue weighted by molar-refractivity contribution is 7.11. The molecular weight excluding hydrogens is 172 g/mol. The molecule has 0 atom stereocenters. The van der Waals surface area contributed by atoms with Crippen molar-refractivity contribution in [2.24, 2.45) is 0 Å². The standard InChI is InChI=1S/C8H14N2OS/c1-2-3-9-4-7-5-10-8(6-11)12-7/h5,9,11H,2-4,6H2,1H3. The molecule has 2 N–H and O–H groups in total. The number of aliphatic hydroxyl groups excluding tert-OH is 1. The van der Waals surface area contributed by atoms with Crippen molar-refractivity contribution >= 4 is 11.3 Å². The maximum absolute atomic E-state index is 8.75. The Morgan fingerprint density at radius 3 is 3.08 bits per heavy atom. The summed E-state index contributed by atoms with van der Waals surface area (Å²) in [6.45, 7) is 4.09. The van der Waals surface area contributed by atoms with Crippen LogP contribution in [-0.4, -0.2) is 16.6 Å². The first-order valence-electron chi connectivity index (χ1n) is 4.12. The molecule has 0 aliphatic rings. The molecule has 0 aromatic carbocycles. The summed E-state index contributed by atoms with van der Waals surface area (Å²) >= 11 is 1.56. The summed E-state index contributed by atoms with van der Waals surface area (Å²) in [5.41, 5.74) is 0. The van der Waals surface area contributed by atoms with Crippen LogP contribution in [0.3, 0.4) is 0 Å². The lowest BCUT2D eigenvalue weighted by Gasteiger charge is -1.97. The third kappa shape index (κ3) is 2.89. The summed E-state index contributed by atoms with van der Waals surface area (Å²) in [6, 6.07) is 0. The molecule has 3 nitrogen and oxygen atoms in total. The van der Waals surface area contributed by atoms with Gasteiger partial charge in [-0.05, 0) is 13.0 Å². The first kappa shape index (κ1) is 9.64. The van der Waals surface area contributed by atoms with E-state index in [9.17, 15) is 0 Å². The molecule has 0 radical (unpaired) electrons. The topological polar surface area (TPSA) is 45.2 Å². The lowest BCUT2D eigenvalue weighted by atomic mass is 10.4. The minimum Gasteiger partial charge on any atom is -0.389 e. The fraction of sp³-hybridized carbons (Fsp3) is 0.625. The van der Waals surface area contributed by atoms with Gasteiger partial charge in [0.2, 0.25) is 0 Å². The molecule has 1 aromatic rings. The van der Waals surface area contributed by atoms with Gasteiger partial charge in [0.05, 0.1) is 6.61 Å². The fourth-order valence-corrected chi connectivity index (χ4v) is 1.64. The van der Waals surface area contributed by atoms with Crippen molar-refractivity contribution in [2.45, 2.75) is 26.5 Å². The number of aromatic nitrogens is 1. The molecule has 1 heterocycles. The van der Waals surface area contributed by atoms with Crippen molar-refractivity contribution in [3.63, 3.8) is 0 Å². The van der Waals surface area contributed by atoms with Crippen LogP contribution in [0.4, 0.5) is 0 Å². The van der Waals surface area contributed by atoms with E-state index in [0.29, 0.717) is 0 Å². The van der Waals surface area contributed by atoms with E-state index in [0.717, 1.165) is 24.5 Å². The quantitative estimate of drug-likeness (QED) is 0.678. The number of thiazole rings is 1. The van der Waals surface area contributed by atoms with Crippen molar-refractivity contribution in [1.29, 1.82) is 0 Å². The number of hydrogen-bond acceptors (Lipinski definition) is 4. The van der Waals surface area contributed by atoms with Gasteiger partial charge >= 0.3 is 0 Å². The van der Waals surface area contributed by atoms with Crippen LogP contribution >= 0.6 is 11.3 Å². The zero-order valence-corrected chi connectivity index (χ0v) is 8.02. The van der Waals surface area contributed by atoms with Crippen molar-refractivity contribution < 1.29 is 5.11 Å². The minimum atomic E-state index is 0.0540. The van der Waals surface area contributed by atoms with E-state index in [2.05, 4.69) is 17.2 Å². The number of nitrogens with zero attached hydrogens (tertiary/aromatic N) is 1. The van der Waals surface area contributed by atoms with Gasteiger partial charge in [-0.1, -0.05) is 6.92 Å². The van der Waals surface area contributed by atoms with Gasteiger partial charge in [0.25, 0.3) is 0 Å². The summed E-state index contributed by atoms with van der Waals surface area (Å²) in [5, 5.41) is 12.8. The van der Waals surface area contributed by atoms with E-state index in [-0.39, 0.29) is 6.61 Å². The molecule has 68 valence electrons. The molecular formula is C8H14N2OS. The summed E-state index contributed by atoms with van der Waals surface area (Å²) in [6.07, 6.45) is 2.96. The van der Waals surface area contributed by atoms with Crippen molar-refractivity contribution in [2.75, 3.05) is 6.54 Å². The average Bonchev–Trinajstić information content (AvgIpc) is 2.53. The Kier molecular flexibility index (Phi) is 4.21. The maximum atomic E-state index is 8.75. The maximum Gasteiger partial charge on any atom is 0.118 e. The molecule has 1 rings (SSSR count). The Bertz CT molecular complexity index is 225. The number of aliphatic hydroxyl groups is 1. The molecule has 12 heavy (non-hydrogen) atoms. The third-order valence-corrected chi connectivity index (χ3v) is 2.44. The first-order valence-corrected chi connectivity index (χ1v) is 4.93. The minimum absolute atomic E-state index is 0.0540. The third-order valence-electron chi connectivity index (χ3n) is 1.46. The van der Waals surface area contributed by atoms with E-state index >= 15 is 0 Å². The second kappa shape index (κ2) is 5.24. The van der Waals surface area contributed by atoms with Crippen LogP contribution < -0.4 is 5.32 Å². The largest absolute Gasteiger partial charge is 0.389 e. The highest BCUT2D eigenvalue weighted by Crippen LogP contribution is 2.11. The Balaban J connectivity index is 2.31. The lowest BCUT2D eigenvalue weighted by Crippen LogP contribution is -2.12. The first-order chi connectivity index (χ1) is 5.86. The molecule has 0 amide bonds. The van der Waals surface area contributed by atoms with Gasteiger partial charge in [0, 0.05) is 17.6 Å². The van der Waals surface area contributed by atoms with Gasteiger partial charge in [-0.25, -0.2) is 4.98 Å². The molecule has 0 aliphatic heterocycles. The Hall–Kier alpha value is -0.450. The zero-order chi connectivity index (χ0) is 8.81. The van der Waals surface area contributed by atoms with E-state index in [1.807, 2.05) is 6.20 Å². The van der Waals surface area contributed by atoms with Crippen LogP contribution in [-0.2, 0) is 13.2 Å². The van der Waals surface area contributed by atoms with Gasteiger partial charge in [-0.3, -0.25) is 0 Å². The molecule has 0 saturated heterocycles. The normalized spacial score (nSPS) is 10.5. The monoisotopic (exact) mass is 186 g/mol. The summed E-state index contributed by atoms with van der Waals surface area (Å²) in [4.78, 5) is 5.23. The molecule has 0 fully saturated rings. The van der Waals surface area contributed by atoms with E-state index in [4.69, 9.17) is 5.11 Å². The molecule has 4 heteroatoms. The van der Waals surface area contributed by atoms with E-state index < -0.39 is 0 Å². The summed E-state index contributed by atoms with van der Waals surface area (Å²) < 4.78 is 0.